The van der Waals surface area contributed by atoms with Crippen LogP contribution in [-0.2, 0) is 0 Å². The Labute approximate surface area is 89.3 Å². The van der Waals surface area contributed by atoms with Gasteiger partial charge in [0.15, 0.2) is 0 Å². The largest absolute Gasteiger partial charge is 0.492 e. The third kappa shape index (κ3) is 1.28. The molecule has 2 rings (SSSR count). The van der Waals surface area contributed by atoms with Crippen LogP contribution in [0.2, 0.25) is 0 Å². The van der Waals surface area contributed by atoms with Gasteiger partial charge in [-0.1, -0.05) is 12.7 Å². The highest BCUT2D eigenvalue weighted by molar-refractivity contribution is 9.10. The van der Waals surface area contributed by atoms with Gasteiger partial charge in [-0.2, -0.15) is 0 Å². The minimum atomic E-state index is -0.0498. The van der Waals surface area contributed by atoms with Crippen molar-refractivity contribution in [3.63, 3.8) is 0 Å². The maximum Gasteiger partial charge on any atom is 0.227 e. The molecule has 14 heavy (non-hydrogen) atoms. The lowest BCUT2D eigenvalue weighted by Crippen LogP contribution is -1.86. The Morgan fingerprint density at radius 2 is 2.21 bits per heavy atom. The Morgan fingerprint density at radius 3 is 2.93 bits per heavy atom. The minimum Gasteiger partial charge on any atom is -0.492 e. The third-order valence-corrected chi connectivity index (χ3v) is 2.69. The van der Waals surface area contributed by atoms with Gasteiger partial charge in [0.05, 0.1) is 5.52 Å². The first-order chi connectivity index (χ1) is 6.74. The van der Waals surface area contributed by atoms with E-state index in [4.69, 9.17) is 0 Å². The molecule has 0 bridgehead atoms. The molecule has 0 atom stereocenters. The van der Waals surface area contributed by atoms with Gasteiger partial charge in [0.2, 0.25) is 5.88 Å². The molecule has 0 saturated carbocycles. The van der Waals surface area contributed by atoms with E-state index in [0.29, 0.717) is 9.99 Å². The predicted octanol–water partition coefficient (Wildman–Crippen LogP) is 2.74. The maximum atomic E-state index is 9.36. The molecule has 0 aliphatic heterocycles. The monoisotopic (exact) mass is 250 g/mol. The van der Waals surface area contributed by atoms with Crippen molar-refractivity contribution in [2.45, 2.75) is 0 Å². The highest BCUT2D eigenvalue weighted by Crippen LogP contribution is 2.30. The molecule has 0 fully saturated rings. The molecule has 0 saturated heterocycles. The summed E-state index contributed by atoms with van der Waals surface area (Å²) in [5.74, 6) is -0.0498. The molecule has 2 aromatic rings. The zero-order valence-electron chi connectivity index (χ0n) is 7.24. The molecule has 0 aliphatic rings. The van der Waals surface area contributed by atoms with Gasteiger partial charge in [-0.25, -0.2) is 4.98 Å². The van der Waals surface area contributed by atoms with Crippen molar-refractivity contribution in [3.8, 4) is 5.88 Å². The molecule has 0 unspecified atom stereocenters. The second-order valence-corrected chi connectivity index (χ2v) is 3.56. The number of fused-ring (bicyclic) bond motifs is 1. The summed E-state index contributed by atoms with van der Waals surface area (Å²) in [6.07, 6.45) is 4.98. The van der Waals surface area contributed by atoms with E-state index >= 15 is 0 Å². The van der Waals surface area contributed by atoms with Gasteiger partial charge in [-0.05, 0) is 27.6 Å². The number of hydrogen-bond acceptors (Lipinski definition) is 3. The van der Waals surface area contributed by atoms with E-state index in [9.17, 15) is 5.11 Å². The van der Waals surface area contributed by atoms with Crippen LogP contribution < -0.4 is 0 Å². The van der Waals surface area contributed by atoms with E-state index in [1.165, 1.54) is 0 Å². The summed E-state index contributed by atoms with van der Waals surface area (Å²) < 4.78 is 0.513. The van der Waals surface area contributed by atoms with Crippen molar-refractivity contribution < 1.29 is 5.11 Å². The lowest BCUT2D eigenvalue weighted by molar-refractivity contribution is 0.451. The molecule has 0 radical (unpaired) electrons. The van der Waals surface area contributed by atoms with Crippen LogP contribution in [0.15, 0.2) is 29.5 Å². The molecular weight excluding hydrogens is 244 g/mol. The first-order valence-corrected chi connectivity index (χ1v) is 4.78. The molecule has 0 aromatic carbocycles. The van der Waals surface area contributed by atoms with Gasteiger partial charge in [0.1, 0.15) is 4.47 Å². The zero-order chi connectivity index (χ0) is 10.1. The Hall–Kier alpha value is -1.42. The van der Waals surface area contributed by atoms with Crippen LogP contribution in [0.5, 0.6) is 5.88 Å². The van der Waals surface area contributed by atoms with Crippen LogP contribution in [-0.4, -0.2) is 15.1 Å². The highest BCUT2D eigenvalue weighted by Gasteiger charge is 2.07. The van der Waals surface area contributed by atoms with E-state index in [-0.39, 0.29) is 5.88 Å². The van der Waals surface area contributed by atoms with Crippen molar-refractivity contribution in [2.24, 2.45) is 0 Å². The smallest absolute Gasteiger partial charge is 0.227 e. The minimum absolute atomic E-state index is 0.0498. The molecule has 1 N–H and O–H groups in total. The molecule has 2 aromatic heterocycles. The average molecular weight is 251 g/mol. The molecule has 2 heterocycles. The summed E-state index contributed by atoms with van der Waals surface area (Å²) >= 11 is 3.23. The number of nitrogens with zero attached hydrogens (tertiary/aromatic N) is 2. The second kappa shape index (κ2) is 3.38. The summed E-state index contributed by atoms with van der Waals surface area (Å²) in [5.41, 5.74) is 1.64. The fourth-order valence-electron chi connectivity index (χ4n) is 1.26. The fraction of sp³-hybridized carbons (Fsp3) is 0. The molecule has 0 aliphatic carbocycles. The van der Waals surface area contributed by atoms with E-state index < -0.39 is 0 Å². The number of rotatable bonds is 1. The summed E-state index contributed by atoms with van der Waals surface area (Å²) in [7, 11) is 0. The molecule has 70 valence electrons. The quantitative estimate of drug-likeness (QED) is 0.847. The second-order valence-electron chi connectivity index (χ2n) is 2.76. The third-order valence-electron chi connectivity index (χ3n) is 1.96. The lowest BCUT2D eigenvalue weighted by atomic mass is 10.1. The Morgan fingerprint density at radius 1 is 1.43 bits per heavy atom. The highest BCUT2D eigenvalue weighted by atomic mass is 79.9. The molecule has 0 spiro atoms. The number of aromatic nitrogens is 2. The van der Waals surface area contributed by atoms with Gasteiger partial charge < -0.3 is 5.11 Å². The van der Waals surface area contributed by atoms with Crippen LogP contribution >= 0.6 is 15.9 Å². The number of halogens is 1. The van der Waals surface area contributed by atoms with Crippen LogP contribution in [0.1, 0.15) is 5.56 Å². The molecule has 3 nitrogen and oxygen atoms in total. The van der Waals surface area contributed by atoms with E-state index in [2.05, 4.69) is 32.5 Å². The van der Waals surface area contributed by atoms with Crippen LogP contribution in [0.4, 0.5) is 0 Å². The summed E-state index contributed by atoms with van der Waals surface area (Å²) in [5, 5.41) is 10.2. The normalized spacial score (nSPS) is 10.4. The predicted molar refractivity (Wildman–Crippen MR) is 59.0 cm³/mol. The summed E-state index contributed by atoms with van der Waals surface area (Å²) in [6, 6.07) is 1.85. The van der Waals surface area contributed by atoms with Crippen molar-refractivity contribution in [3.05, 3.63) is 35.1 Å². The standard InChI is InChI=1S/C10H7BrN2O/c1-2-6-3-4-12-9-7(6)5-13-10(14)8(9)11/h2-5H,1H2,(H,13,14). The van der Waals surface area contributed by atoms with Crippen molar-refractivity contribution in [1.29, 1.82) is 0 Å². The molecular formula is C10H7BrN2O. The zero-order valence-corrected chi connectivity index (χ0v) is 8.82. The Balaban J connectivity index is 2.92. The van der Waals surface area contributed by atoms with Crippen LogP contribution in [0.3, 0.4) is 0 Å². The fourth-order valence-corrected chi connectivity index (χ4v) is 1.68. The van der Waals surface area contributed by atoms with Gasteiger partial charge >= 0.3 is 0 Å². The first kappa shape index (κ1) is 9.15. The van der Waals surface area contributed by atoms with Crippen LogP contribution in [0, 0.1) is 0 Å². The summed E-state index contributed by atoms with van der Waals surface area (Å²) in [4.78, 5) is 7.99. The SMILES string of the molecule is C=Cc1ccnc2c(Br)c(O)ncc12. The molecule has 0 amide bonds. The van der Waals surface area contributed by atoms with Crippen molar-refractivity contribution in [1.82, 2.24) is 9.97 Å². The van der Waals surface area contributed by atoms with Crippen LogP contribution in [0.25, 0.3) is 17.0 Å². The number of aromatic hydroxyl groups is 1. The number of hydrogen-bond donors (Lipinski definition) is 1. The van der Waals surface area contributed by atoms with Crippen molar-refractivity contribution >= 4 is 32.9 Å². The first-order valence-electron chi connectivity index (χ1n) is 3.98. The topological polar surface area (TPSA) is 46.0 Å². The van der Waals surface area contributed by atoms with Gasteiger partial charge in [-0.15, -0.1) is 0 Å². The van der Waals surface area contributed by atoms with E-state index in [1.807, 2.05) is 6.07 Å². The van der Waals surface area contributed by atoms with Crippen molar-refractivity contribution in [2.75, 3.05) is 0 Å². The lowest BCUT2D eigenvalue weighted by Gasteiger charge is -2.03. The van der Waals surface area contributed by atoms with Gasteiger partial charge in [0.25, 0.3) is 0 Å². The summed E-state index contributed by atoms with van der Waals surface area (Å²) in [6.45, 7) is 3.70. The van der Waals surface area contributed by atoms with E-state index in [1.54, 1.807) is 18.5 Å². The van der Waals surface area contributed by atoms with Gasteiger partial charge in [-0.3, -0.25) is 4.98 Å². The van der Waals surface area contributed by atoms with E-state index in [0.717, 1.165) is 10.9 Å². The molecule has 4 heteroatoms. The van der Waals surface area contributed by atoms with Gasteiger partial charge in [0, 0.05) is 17.8 Å². The average Bonchev–Trinajstić information content (AvgIpc) is 2.23. The Bertz CT molecular complexity index is 511. The number of pyridine rings is 2. The maximum absolute atomic E-state index is 9.36. The Kier molecular flexibility index (Phi) is 2.21.